The summed E-state index contributed by atoms with van der Waals surface area (Å²) in [5.74, 6) is -1.20. The van der Waals surface area contributed by atoms with E-state index in [0.717, 1.165) is 22.3 Å². The third-order valence-corrected chi connectivity index (χ3v) is 4.38. The zero-order valence-electron chi connectivity index (χ0n) is 13.6. The molecule has 0 fully saturated rings. The Kier molecular flexibility index (Phi) is 4.71. The van der Waals surface area contributed by atoms with Crippen LogP contribution in [0.2, 0.25) is 0 Å². The number of thiazole rings is 1. The summed E-state index contributed by atoms with van der Waals surface area (Å²) in [5.41, 5.74) is 0.892. The topological polar surface area (TPSA) is 83.8 Å². The van der Waals surface area contributed by atoms with Crippen molar-refractivity contribution in [1.29, 1.82) is 0 Å². The van der Waals surface area contributed by atoms with Crippen LogP contribution in [0.1, 0.15) is 13.8 Å². The molecule has 0 N–H and O–H groups in total. The normalized spacial score (nSPS) is 17.4. The second kappa shape index (κ2) is 6.94. The van der Waals surface area contributed by atoms with E-state index in [1.54, 1.807) is 38.1 Å². The van der Waals surface area contributed by atoms with Crippen LogP contribution in [0.15, 0.2) is 47.0 Å². The highest BCUT2D eigenvalue weighted by Gasteiger charge is 2.25. The zero-order chi connectivity index (χ0) is 18.0. The Morgan fingerprint density at radius 1 is 1.36 bits per heavy atom. The van der Waals surface area contributed by atoms with E-state index in [9.17, 15) is 14.4 Å². The molecule has 3 rings (SSSR count). The molecule has 1 aromatic carbocycles. The van der Waals surface area contributed by atoms with Gasteiger partial charge in [-0.2, -0.15) is 0 Å². The maximum absolute atomic E-state index is 12.4. The van der Waals surface area contributed by atoms with Gasteiger partial charge in [0.1, 0.15) is 6.26 Å². The van der Waals surface area contributed by atoms with Crippen molar-refractivity contribution >= 4 is 39.2 Å². The number of carbonyl (C=O) groups excluding carboxylic acids is 2. The maximum Gasteiger partial charge on any atom is 0.358 e. The molecule has 2 aromatic rings. The molecule has 130 valence electrons. The molecule has 0 radical (unpaired) electrons. The molecule has 2 heterocycles. The van der Waals surface area contributed by atoms with Crippen LogP contribution in [0.3, 0.4) is 0 Å². The summed E-state index contributed by atoms with van der Waals surface area (Å²) < 4.78 is 17.3. The summed E-state index contributed by atoms with van der Waals surface area (Å²) in [7, 11) is 0. The van der Waals surface area contributed by atoms with Gasteiger partial charge < -0.3 is 14.2 Å². The quantitative estimate of drug-likeness (QED) is 0.461. The van der Waals surface area contributed by atoms with Crippen molar-refractivity contribution in [3.63, 3.8) is 0 Å². The lowest BCUT2D eigenvalue weighted by atomic mass is 10.3. The Balaban J connectivity index is 2.01. The van der Waals surface area contributed by atoms with Crippen molar-refractivity contribution in [2.75, 3.05) is 6.61 Å². The predicted octanol–water partition coefficient (Wildman–Crippen LogP) is 2.27. The van der Waals surface area contributed by atoms with Crippen LogP contribution in [-0.4, -0.2) is 29.4 Å². The van der Waals surface area contributed by atoms with Crippen LogP contribution in [-0.2, 0) is 23.8 Å². The second-order valence-corrected chi connectivity index (χ2v) is 6.15. The summed E-state index contributed by atoms with van der Waals surface area (Å²) in [5, 5.41) is 0. The van der Waals surface area contributed by atoms with E-state index in [2.05, 4.69) is 0 Å². The number of aromatic nitrogens is 1. The number of hydrogen-bond acceptors (Lipinski definition) is 7. The van der Waals surface area contributed by atoms with Crippen molar-refractivity contribution in [2.45, 2.75) is 20.1 Å². The standard InChI is InChI=1S/C17H15NO6S/c1-3-22-16(20)12(9-23-14-8-10(2)15(19)24-14)18-11-6-4-5-7-13(11)25-17(18)21/h4-9,14H,3H2,1-2H3/b12-9-. The van der Waals surface area contributed by atoms with Crippen molar-refractivity contribution < 1.29 is 23.8 Å². The molecule has 7 nitrogen and oxygen atoms in total. The fourth-order valence-corrected chi connectivity index (χ4v) is 3.18. The Morgan fingerprint density at radius 3 is 2.80 bits per heavy atom. The molecule has 25 heavy (non-hydrogen) atoms. The Labute approximate surface area is 146 Å². The summed E-state index contributed by atoms with van der Waals surface area (Å²) >= 11 is 1.01. The van der Waals surface area contributed by atoms with E-state index in [1.165, 1.54) is 10.6 Å². The molecule has 1 aliphatic heterocycles. The van der Waals surface area contributed by atoms with Crippen molar-refractivity contribution in [3.8, 4) is 0 Å². The van der Waals surface area contributed by atoms with Crippen molar-refractivity contribution in [1.82, 2.24) is 4.57 Å². The summed E-state index contributed by atoms with van der Waals surface area (Å²) in [6, 6.07) is 7.07. The Hall–Kier alpha value is -2.87. The lowest BCUT2D eigenvalue weighted by Crippen LogP contribution is -2.21. The summed E-state index contributed by atoms with van der Waals surface area (Å²) in [6.45, 7) is 3.40. The zero-order valence-corrected chi connectivity index (χ0v) is 14.4. The minimum atomic E-state index is -0.947. The monoisotopic (exact) mass is 361 g/mol. The highest BCUT2D eigenvalue weighted by Crippen LogP contribution is 2.22. The third kappa shape index (κ3) is 3.34. The van der Waals surface area contributed by atoms with Crippen LogP contribution >= 0.6 is 11.3 Å². The summed E-state index contributed by atoms with van der Waals surface area (Å²) in [4.78, 5) is 35.7. The average Bonchev–Trinajstić information content (AvgIpc) is 3.07. The molecular formula is C17H15NO6S. The van der Waals surface area contributed by atoms with Gasteiger partial charge in [-0.1, -0.05) is 23.5 Å². The van der Waals surface area contributed by atoms with Crippen molar-refractivity contribution in [2.24, 2.45) is 0 Å². The number of ether oxygens (including phenoxy) is 3. The molecule has 1 aromatic heterocycles. The number of benzene rings is 1. The molecule has 0 saturated carbocycles. The van der Waals surface area contributed by atoms with Gasteiger partial charge in [-0.05, 0) is 26.0 Å². The fraction of sp³-hybridized carbons (Fsp3) is 0.235. The van der Waals surface area contributed by atoms with Crippen molar-refractivity contribution in [3.05, 3.63) is 51.8 Å². The number of hydrogen-bond donors (Lipinski definition) is 0. The highest BCUT2D eigenvalue weighted by molar-refractivity contribution is 7.16. The first-order valence-corrected chi connectivity index (χ1v) is 8.36. The third-order valence-electron chi connectivity index (χ3n) is 3.46. The molecule has 8 heteroatoms. The molecule has 0 saturated heterocycles. The SMILES string of the molecule is CCOC(=O)/C(=C/OC1C=C(C)C(=O)O1)n1c(=O)sc2ccccc21. The molecule has 0 bridgehead atoms. The first-order valence-electron chi connectivity index (χ1n) is 7.54. The van der Waals surface area contributed by atoms with Gasteiger partial charge in [-0.25, -0.2) is 9.59 Å². The average molecular weight is 361 g/mol. The smallest absolute Gasteiger partial charge is 0.358 e. The van der Waals surface area contributed by atoms with E-state index >= 15 is 0 Å². The van der Waals surface area contributed by atoms with Crippen LogP contribution in [0.25, 0.3) is 15.9 Å². The molecule has 1 aliphatic rings. The first kappa shape index (κ1) is 17.0. The van der Waals surface area contributed by atoms with Crippen LogP contribution in [0, 0.1) is 0 Å². The van der Waals surface area contributed by atoms with Gasteiger partial charge >= 0.3 is 16.8 Å². The minimum Gasteiger partial charge on any atom is -0.461 e. The first-order chi connectivity index (χ1) is 12.0. The van der Waals surface area contributed by atoms with Gasteiger partial charge in [0.15, 0.2) is 5.70 Å². The molecular weight excluding hydrogens is 346 g/mol. The van der Waals surface area contributed by atoms with Crippen LogP contribution in [0.5, 0.6) is 0 Å². The second-order valence-electron chi connectivity index (χ2n) is 5.15. The molecule has 1 atom stereocenters. The largest absolute Gasteiger partial charge is 0.461 e. The highest BCUT2D eigenvalue weighted by atomic mass is 32.1. The fourth-order valence-electron chi connectivity index (χ4n) is 2.29. The van der Waals surface area contributed by atoms with Crippen LogP contribution in [0.4, 0.5) is 0 Å². The Bertz CT molecular complexity index is 951. The van der Waals surface area contributed by atoms with Gasteiger partial charge in [0.2, 0.25) is 0 Å². The number of fused-ring (bicyclic) bond motifs is 1. The number of cyclic esters (lactones) is 1. The molecule has 0 aliphatic carbocycles. The number of carbonyl (C=O) groups is 2. The molecule has 0 spiro atoms. The summed E-state index contributed by atoms with van der Waals surface area (Å²) in [6.07, 6.45) is 1.62. The van der Waals surface area contributed by atoms with Gasteiger partial charge in [0.05, 0.1) is 16.8 Å². The van der Waals surface area contributed by atoms with Gasteiger partial charge in [-0.3, -0.25) is 9.36 Å². The lowest BCUT2D eigenvalue weighted by molar-refractivity contribution is -0.152. The number of esters is 2. The lowest BCUT2D eigenvalue weighted by Gasteiger charge is -2.11. The minimum absolute atomic E-state index is 0.0849. The number of para-hydroxylation sites is 1. The number of nitrogens with zero attached hydrogens (tertiary/aromatic N) is 1. The number of rotatable bonds is 5. The van der Waals surface area contributed by atoms with Gasteiger partial charge in [0.25, 0.3) is 6.29 Å². The molecule has 0 amide bonds. The molecule has 1 unspecified atom stereocenters. The van der Waals surface area contributed by atoms with E-state index in [0.29, 0.717) is 11.1 Å². The maximum atomic E-state index is 12.4. The van der Waals surface area contributed by atoms with E-state index in [4.69, 9.17) is 14.2 Å². The van der Waals surface area contributed by atoms with Crippen LogP contribution < -0.4 is 4.87 Å². The van der Waals surface area contributed by atoms with E-state index < -0.39 is 18.2 Å². The Morgan fingerprint density at radius 2 is 2.12 bits per heavy atom. The van der Waals surface area contributed by atoms with Gasteiger partial charge in [0, 0.05) is 11.6 Å². The van der Waals surface area contributed by atoms with Gasteiger partial charge in [-0.15, -0.1) is 0 Å². The van der Waals surface area contributed by atoms with E-state index in [1.807, 2.05) is 0 Å². The predicted molar refractivity (Wildman–Crippen MR) is 91.7 cm³/mol. The van der Waals surface area contributed by atoms with E-state index in [-0.39, 0.29) is 17.2 Å².